The van der Waals surface area contributed by atoms with E-state index in [0.717, 1.165) is 18.2 Å². The van der Waals surface area contributed by atoms with Crippen molar-refractivity contribution >= 4 is 6.03 Å². The van der Waals surface area contributed by atoms with Gasteiger partial charge >= 0.3 is 18.6 Å². The highest BCUT2D eigenvalue weighted by Crippen LogP contribution is 2.27. The van der Waals surface area contributed by atoms with Gasteiger partial charge in [0, 0.05) is 17.7 Å². The lowest BCUT2D eigenvalue weighted by Gasteiger charge is -2.24. The number of ether oxygens (including phenoxy) is 1. The predicted octanol–water partition coefficient (Wildman–Crippen LogP) is 2.49. The predicted molar refractivity (Wildman–Crippen MR) is 75.6 cm³/mol. The molecule has 0 aliphatic heterocycles. The fourth-order valence-electron chi connectivity index (χ4n) is 1.65. The average Bonchev–Trinajstić information content (AvgIpc) is 2.44. The zero-order valence-electron chi connectivity index (χ0n) is 12.9. The molecule has 1 rings (SSSR count). The first-order chi connectivity index (χ1) is 11.7. The Morgan fingerprint density at radius 2 is 1.77 bits per heavy atom. The molecule has 0 saturated heterocycles. The van der Waals surface area contributed by atoms with Crippen molar-refractivity contribution in [3.63, 3.8) is 0 Å². The number of hydrogen-bond donors (Lipinski definition) is 4. The van der Waals surface area contributed by atoms with Crippen LogP contribution in [0.2, 0.25) is 0 Å². The SMILES string of the molecule is C=C(CCNC(=O)NC(O)(O)c1cccc(OC(F)(F)F)c1)C(F)(F)F. The van der Waals surface area contributed by atoms with E-state index in [-0.39, 0.29) is 0 Å². The maximum atomic E-state index is 12.2. The third kappa shape index (κ3) is 7.19. The Morgan fingerprint density at radius 1 is 1.15 bits per heavy atom. The summed E-state index contributed by atoms with van der Waals surface area (Å²) in [6.07, 6.45) is -10.3. The van der Waals surface area contributed by atoms with Crippen LogP contribution in [-0.4, -0.2) is 35.3 Å². The van der Waals surface area contributed by atoms with Crippen molar-refractivity contribution in [3.05, 3.63) is 42.0 Å². The van der Waals surface area contributed by atoms with E-state index in [2.05, 4.69) is 11.3 Å². The molecule has 2 amide bonds. The Balaban J connectivity index is 2.66. The Kier molecular flexibility index (Phi) is 6.49. The molecule has 146 valence electrons. The first-order valence-electron chi connectivity index (χ1n) is 6.83. The van der Waals surface area contributed by atoms with Gasteiger partial charge in [0.15, 0.2) is 0 Å². The van der Waals surface area contributed by atoms with Crippen LogP contribution in [0.1, 0.15) is 12.0 Å². The molecule has 1 aromatic rings. The second-order valence-corrected chi connectivity index (χ2v) is 4.98. The molecule has 0 radical (unpaired) electrons. The molecular formula is C14H14F6N2O4. The summed E-state index contributed by atoms with van der Waals surface area (Å²) in [6.45, 7) is 2.27. The number of rotatable bonds is 6. The molecule has 0 heterocycles. The highest BCUT2D eigenvalue weighted by molar-refractivity contribution is 5.74. The van der Waals surface area contributed by atoms with Gasteiger partial charge in [0.05, 0.1) is 0 Å². The van der Waals surface area contributed by atoms with Crippen molar-refractivity contribution in [1.82, 2.24) is 10.6 Å². The number of alkyl halides is 6. The van der Waals surface area contributed by atoms with Crippen LogP contribution in [0, 0.1) is 0 Å². The molecule has 0 atom stereocenters. The summed E-state index contributed by atoms with van der Waals surface area (Å²) in [5, 5.41) is 23.0. The van der Waals surface area contributed by atoms with Gasteiger partial charge in [0.1, 0.15) is 5.75 Å². The van der Waals surface area contributed by atoms with E-state index in [1.54, 1.807) is 5.32 Å². The van der Waals surface area contributed by atoms with Crippen LogP contribution in [0.5, 0.6) is 5.75 Å². The summed E-state index contributed by atoms with van der Waals surface area (Å²) >= 11 is 0. The summed E-state index contributed by atoms with van der Waals surface area (Å²) in [6, 6.07) is 2.21. The molecule has 12 heteroatoms. The van der Waals surface area contributed by atoms with Crippen molar-refractivity contribution in [2.75, 3.05) is 6.54 Å². The minimum absolute atomic E-state index is 0.516. The monoisotopic (exact) mass is 388 g/mol. The third-order valence-corrected chi connectivity index (χ3v) is 2.87. The molecule has 0 saturated carbocycles. The molecule has 0 bridgehead atoms. The molecular weight excluding hydrogens is 374 g/mol. The molecule has 1 aromatic carbocycles. The van der Waals surface area contributed by atoms with E-state index >= 15 is 0 Å². The van der Waals surface area contributed by atoms with Gasteiger partial charge in [-0.3, -0.25) is 5.32 Å². The Morgan fingerprint density at radius 3 is 2.31 bits per heavy atom. The highest BCUT2D eigenvalue weighted by Gasteiger charge is 2.34. The standard InChI is InChI=1S/C14H14F6N2O4/c1-8(12(15,16)17)5-6-21-11(23)22-13(24,25)9-3-2-4-10(7-9)26-14(18,19)20/h2-4,7,24-25H,1,5-6H2,(H2,21,22,23). The molecule has 0 aliphatic carbocycles. The summed E-state index contributed by atoms with van der Waals surface area (Å²) in [5.74, 6) is -3.87. The van der Waals surface area contributed by atoms with Crippen LogP contribution in [0.4, 0.5) is 31.1 Å². The van der Waals surface area contributed by atoms with E-state index < -0.39 is 54.3 Å². The topological polar surface area (TPSA) is 90.8 Å². The molecule has 0 fully saturated rings. The molecule has 4 N–H and O–H groups in total. The number of benzene rings is 1. The zero-order chi connectivity index (χ0) is 20.2. The van der Waals surface area contributed by atoms with E-state index in [9.17, 15) is 41.4 Å². The zero-order valence-corrected chi connectivity index (χ0v) is 12.9. The van der Waals surface area contributed by atoms with Crippen LogP contribution in [0.3, 0.4) is 0 Å². The van der Waals surface area contributed by atoms with Crippen molar-refractivity contribution in [2.24, 2.45) is 0 Å². The summed E-state index contributed by atoms with van der Waals surface area (Å²) in [5.41, 5.74) is -1.68. The molecule has 26 heavy (non-hydrogen) atoms. The van der Waals surface area contributed by atoms with Gasteiger partial charge in [-0.1, -0.05) is 18.7 Å². The largest absolute Gasteiger partial charge is 0.573 e. The maximum Gasteiger partial charge on any atom is 0.573 e. The smallest absolute Gasteiger partial charge is 0.406 e. The van der Waals surface area contributed by atoms with Crippen LogP contribution < -0.4 is 15.4 Å². The first kappa shape index (κ1) is 21.6. The quantitative estimate of drug-likeness (QED) is 0.342. The number of halogens is 6. The lowest BCUT2D eigenvalue weighted by atomic mass is 10.1. The van der Waals surface area contributed by atoms with Crippen molar-refractivity contribution < 1.29 is 46.1 Å². The Labute approximate surface area is 143 Å². The van der Waals surface area contributed by atoms with E-state index in [0.29, 0.717) is 6.07 Å². The molecule has 0 aliphatic rings. The van der Waals surface area contributed by atoms with Gasteiger partial charge in [-0.25, -0.2) is 4.79 Å². The molecule has 0 spiro atoms. The number of carbonyl (C=O) groups excluding carboxylic acids is 1. The van der Waals surface area contributed by atoms with Gasteiger partial charge in [0.25, 0.3) is 5.91 Å². The summed E-state index contributed by atoms with van der Waals surface area (Å²) in [7, 11) is 0. The van der Waals surface area contributed by atoms with Crippen LogP contribution in [-0.2, 0) is 5.91 Å². The maximum absolute atomic E-state index is 12.2. The van der Waals surface area contributed by atoms with Crippen molar-refractivity contribution in [3.8, 4) is 5.75 Å². The summed E-state index contributed by atoms with van der Waals surface area (Å²) in [4.78, 5) is 11.5. The third-order valence-electron chi connectivity index (χ3n) is 2.87. The van der Waals surface area contributed by atoms with Crippen molar-refractivity contribution in [1.29, 1.82) is 0 Å². The normalized spacial score (nSPS) is 12.5. The lowest BCUT2D eigenvalue weighted by Crippen LogP contribution is -2.50. The number of carbonyl (C=O) groups is 1. The number of urea groups is 1. The molecule has 0 unspecified atom stereocenters. The van der Waals surface area contributed by atoms with Gasteiger partial charge in [-0.2, -0.15) is 13.2 Å². The minimum atomic E-state index is -5.02. The molecule has 0 aromatic heterocycles. The van der Waals surface area contributed by atoms with Crippen LogP contribution in [0.25, 0.3) is 0 Å². The average molecular weight is 388 g/mol. The van der Waals surface area contributed by atoms with E-state index in [1.165, 1.54) is 0 Å². The van der Waals surface area contributed by atoms with E-state index in [1.807, 2.05) is 5.32 Å². The van der Waals surface area contributed by atoms with E-state index in [4.69, 9.17) is 0 Å². The van der Waals surface area contributed by atoms with Gasteiger partial charge in [0.2, 0.25) is 0 Å². The van der Waals surface area contributed by atoms with Crippen molar-refractivity contribution in [2.45, 2.75) is 24.9 Å². The second-order valence-electron chi connectivity index (χ2n) is 4.98. The highest BCUT2D eigenvalue weighted by atomic mass is 19.4. The Hall–Kier alpha value is -2.47. The fraction of sp³-hybridized carbons (Fsp3) is 0.357. The summed E-state index contributed by atoms with van der Waals surface area (Å²) < 4.78 is 76.7. The van der Waals surface area contributed by atoms with Crippen LogP contribution in [0.15, 0.2) is 36.4 Å². The lowest BCUT2D eigenvalue weighted by molar-refractivity contribution is -0.274. The van der Waals surface area contributed by atoms with Gasteiger partial charge < -0.3 is 20.3 Å². The number of nitrogens with one attached hydrogen (secondary N) is 2. The first-order valence-corrected chi connectivity index (χ1v) is 6.83. The minimum Gasteiger partial charge on any atom is -0.406 e. The number of hydrogen-bond acceptors (Lipinski definition) is 4. The van der Waals surface area contributed by atoms with Gasteiger partial charge in [-0.05, 0) is 18.6 Å². The molecule has 6 nitrogen and oxygen atoms in total. The Bertz CT molecular complexity index is 658. The number of aliphatic hydroxyl groups is 2. The van der Waals surface area contributed by atoms with Gasteiger partial charge in [-0.15, -0.1) is 13.2 Å². The number of amides is 2. The fourth-order valence-corrected chi connectivity index (χ4v) is 1.65. The van der Waals surface area contributed by atoms with Crippen LogP contribution >= 0.6 is 0 Å². The second kappa shape index (κ2) is 7.83.